The number of para-hydroxylation sites is 1. The molecule has 0 saturated heterocycles. The number of hydrogen-bond donors (Lipinski definition) is 4. The van der Waals surface area contributed by atoms with Crippen molar-refractivity contribution in [3.63, 3.8) is 0 Å². The van der Waals surface area contributed by atoms with Crippen molar-refractivity contribution in [1.29, 1.82) is 0 Å². The molecule has 3 aromatic rings. The smallest absolute Gasteiger partial charge is 0.242 e. The zero-order chi connectivity index (χ0) is 24.5. The molecule has 1 heterocycles. The molecule has 0 saturated carbocycles. The molecular weight excluding hydrogens is 426 g/mol. The Balaban J connectivity index is 2.29. The van der Waals surface area contributed by atoms with Gasteiger partial charge in [-0.05, 0) is 45.5 Å². The lowest BCUT2D eigenvalue weighted by Crippen LogP contribution is -2.29. The highest BCUT2D eigenvalue weighted by Gasteiger charge is 2.26. The van der Waals surface area contributed by atoms with Gasteiger partial charge in [-0.25, -0.2) is 4.99 Å². The van der Waals surface area contributed by atoms with Gasteiger partial charge in [0.15, 0.2) is 5.84 Å². The molecule has 0 bridgehead atoms. The average Bonchev–Trinajstić information content (AvgIpc) is 3.15. The Hall–Kier alpha value is -3.91. The highest BCUT2D eigenvalue weighted by molar-refractivity contribution is 6.11. The van der Waals surface area contributed by atoms with Crippen LogP contribution in [-0.4, -0.2) is 49.3 Å². The lowest BCUT2D eigenvalue weighted by Gasteiger charge is -2.13. The number of aliphatic imine (C=N–C) groups is 2. The van der Waals surface area contributed by atoms with E-state index in [0.717, 1.165) is 46.9 Å². The third kappa shape index (κ3) is 5.35. The van der Waals surface area contributed by atoms with Crippen molar-refractivity contribution in [3.8, 4) is 16.9 Å². The minimum absolute atomic E-state index is 0.365. The van der Waals surface area contributed by atoms with Gasteiger partial charge in [0.25, 0.3) is 0 Å². The van der Waals surface area contributed by atoms with Crippen LogP contribution in [0, 0.1) is 6.92 Å². The van der Waals surface area contributed by atoms with Crippen molar-refractivity contribution in [1.82, 2.24) is 9.88 Å². The molecule has 1 atom stereocenters. The first-order valence-corrected chi connectivity index (χ1v) is 11.3. The molecular formula is C26H33N7O. The summed E-state index contributed by atoms with van der Waals surface area (Å²) in [5.74, 6) is -0.125. The van der Waals surface area contributed by atoms with Crippen LogP contribution in [0.4, 0.5) is 5.69 Å². The van der Waals surface area contributed by atoms with Gasteiger partial charge < -0.3 is 26.7 Å². The number of rotatable bonds is 10. The molecule has 2 aromatic carbocycles. The second-order valence-corrected chi connectivity index (χ2v) is 7.87. The first kappa shape index (κ1) is 24.7. The Morgan fingerprint density at radius 1 is 1.09 bits per heavy atom. The highest BCUT2D eigenvalue weighted by atomic mass is 16.1. The van der Waals surface area contributed by atoms with Crippen molar-refractivity contribution in [3.05, 3.63) is 71.9 Å². The van der Waals surface area contributed by atoms with E-state index in [2.05, 4.69) is 44.5 Å². The predicted molar refractivity (Wildman–Crippen MR) is 141 cm³/mol. The van der Waals surface area contributed by atoms with Crippen LogP contribution in [0.15, 0.2) is 70.6 Å². The fourth-order valence-electron chi connectivity index (χ4n) is 4.10. The lowest BCUT2D eigenvalue weighted by molar-refractivity contribution is -0.119. The molecule has 8 heteroatoms. The molecule has 0 aliphatic rings. The summed E-state index contributed by atoms with van der Waals surface area (Å²) in [6.45, 7) is 2.77. The maximum absolute atomic E-state index is 12.2. The number of amides is 1. The van der Waals surface area contributed by atoms with Crippen LogP contribution in [-0.2, 0) is 4.79 Å². The van der Waals surface area contributed by atoms with Gasteiger partial charge in [0.1, 0.15) is 6.04 Å². The van der Waals surface area contributed by atoms with Gasteiger partial charge in [-0.3, -0.25) is 9.79 Å². The third-order valence-electron chi connectivity index (χ3n) is 5.65. The van der Waals surface area contributed by atoms with Gasteiger partial charge in [0.2, 0.25) is 5.91 Å². The van der Waals surface area contributed by atoms with Gasteiger partial charge in [-0.1, -0.05) is 48.5 Å². The number of nitrogens with one attached hydrogen (secondary N) is 2. The van der Waals surface area contributed by atoms with E-state index >= 15 is 0 Å². The molecule has 6 N–H and O–H groups in total. The number of nitrogens with zero attached hydrogens (tertiary/aromatic N) is 3. The number of carbonyl (C=O) groups is 1. The topological polar surface area (TPSA) is 123 Å². The van der Waals surface area contributed by atoms with E-state index in [-0.39, 0.29) is 0 Å². The summed E-state index contributed by atoms with van der Waals surface area (Å²) >= 11 is 0. The summed E-state index contributed by atoms with van der Waals surface area (Å²) < 4.78 is 2.17. The predicted octanol–water partition coefficient (Wildman–Crippen LogP) is 3.08. The van der Waals surface area contributed by atoms with E-state index in [0.29, 0.717) is 12.3 Å². The number of primary amides is 1. The Morgan fingerprint density at radius 2 is 1.74 bits per heavy atom. The Bertz CT molecular complexity index is 1150. The summed E-state index contributed by atoms with van der Waals surface area (Å²) in [5.41, 5.74) is 16.9. The Morgan fingerprint density at radius 3 is 2.29 bits per heavy atom. The molecule has 0 radical (unpaired) electrons. The quantitative estimate of drug-likeness (QED) is 0.211. The number of benzene rings is 2. The van der Waals surface area contributed by atoms with Crippen molar-refractivity contribution < 1.29 is 4.79 Å². The number of amidine groups is 1. The van der Waals surface area contributed by atoms with Gasteiger partial charge in [-0.15, -0.1) is 0 Å². The molecule has 3 rings (SSSR count). The Kier molecular flexibility index (Phi) is 8.59. The van der Waals surface area contributed by atoms with Crippen molar-refractivity contribution in [2.24, 2.45) is 21.5 Å². The van der Waals surface area contributed by atoms with Crippen LogP contribution in [0.2, 0.25) is 0 Å². The number of carbonyl (C=O) groups excluding carboxylic acids is 1. The largest absolute Gasteiger partial charge is 0.390 e. The standard InChI is InChI=1S/C26H33N7O/c1-18-22(26(31-17-27)32-21(25(28)34)15-10-16-29-2)23(30-3)24(19-11-6-4-7-12-19)33(18)20-13-8-5-9-14-20/h4-9,11-14,17,21,29-30H,10,15-16H2,1-3H3,(H2,28,34)(H2,27,31,32). The van der Waals surface area contributed by atoms with Gasteiger partial charge in [0, 0.05) is 24.0 Å². The zero-order valence-electron chi connectivity index (χ0n) is 20.0. The Labute approximate surface area is 200 Å². The van der Waals surface area contributed by atoms with Gasteiger partial charge in [0.05, 0.1) is 23.3 Å². The summed E-state index contributed by atoms with van der Waals surface area (Å²) in [6.07, 6.45) is 2.47. The average molecular weight is 460 g/mol. The number of nitrogens with two attached hydrogens (primary N) is 2. The maximum atomic E-state index is 12.2. The SMILES string of the molecule is CNCCCC(N=C(N=CN)c1c(NC)c(-c2ccccc2)n(-c2ccccc2)c1C)C(N)=O. The second kappa shape index (κ2) is 11.8. The van der Waals surface area contributed by atoms with E-state index in [4.69, 9.17) is 16.5 Å². The zero-order valence-corrected chi connectivity index (χ0v) is 20.0. The minimum Gasteiger partial charge on any atom is -0.390 e. The van der Waals surface area contributed by atoms with Crippen LogP contribution in [0.3, 0.4) is 0 Å². The van der Waals surface area contributed by atoms with E-state index in [1.54, 1.807) is 0 Å². The fourth-order valence-corrected chi connectivity index (χ4v) is 4.10. The van der Waals surface area contributed by atoms with Crippen LogP contribution in [0.5, 0.6) is 0 Å². The van der Waals surface area contributed by atoms with E-state index in [9.17, 15) is 4.79 Å². The van der Waals surface area contributed by atoms with Crippen LogP contribution in [0.1, 0.15) is 24.1 Å². The molecule has 0 aliphatic heterocycles. The molecule has 1 amide bonds. The summed E-state index contributed by atoms with van der Waals surface area (Å²) in [7, 11) is 3.73. The number of aromatic nitrogens is 1. The molecule has 0 aliphatic carbocycles. The van der Waals surface area contributed by atoms with Crippen LogP contribution >= 0.6 is 0 Å². The molecule has 34 heavy (non-hydrogen) atoms. The van der Waals surface area contributed by atoms with Crippen molar-refractivity contribution >= 4 is 23.8 Å². The van der Waals surface area contributed by atoms with E-state index in [1.807, 2.05) is 57.4 Å². The summed E-state index contributed by atoms with van der Waals surface area (Å²) in [4.78, 5) is 21.3. The third-order valence-corrected chi connectivity index (χ3v) is 5.65. The second-order valence-electron chi connectivity index (χ2n) is 7.87. The molecule has 8 nitrogen and oxygen atoms in total. The van der Waals surface area contributed by atoms with E-state index in [1.165, 1.54) is 6.34 Å². The van der Waals surface area contributed by atoms with E-state index < -0.39 is 11.9 Å². The molecule has 0 fully saturated rings. The molecule has 1 unspecified atom stereocenters. The molecule has 1 aromatic heterocycles. The first-order valence-electron chi connectivity index (χ1n) is 11.3. The molecule has 0 spiro atoms. The fraction of sp³-hybridized carbons (Fsp3) is 0.269. The maximum Gasteiger partial charge on any atom is 0.242 e. The van der Waals surface area contributed by atoms with Crippen molar-refractivity contribution in [2.75, 3.05) is 26.0 Å². The van der Waals surface area contributed by atoms with Gasteiger partial charge >= 0.3 is 0 Å². The summed E-state index contributed by atoms with van der Waals surface area (Å²) in [5, 5.41) is 6.43. The first-order chi connectivity index (χ1) is 16.5. The summed E-state index contributed by atoms with van der Waals surface area (Å²) in [6, 6.07) is 19.5. The van der Waals surface area contributed by atoms with Gasteiger partial charge in [-0.2, -0.15) is 0 Å². The highest BCUT2D eigenvalue weighted by Crippen LogP contribution is 2.39. The number of anilines is 1. The molecule has 178 valence electrons. The van der Waals surface area contributed by atoms with Crippen LogP contribution in [0.25, 0.3) is 16.9 Å². The van der Waals surface area contributed by atoms with Crippen LogP contribution < -0.4 is 22.1 Å². The normalized spacial score (nSPS) is 12.7. The minimum atomic E-state index is -0.712. The lowest BCUT2D eigenvalue weighted by atomic mass is 10.1. The number of hydrogen-bond acceptors (Lipinski definition) is 4. The monoisotopic (exact) mass is 459 g/mol. The van der Waals surface area contributed by atoms with Crippen molar-refractivity contribution in [2.45, 2.75) is 25.8 Å².